The molecular formula is C12H23NO19S3. The van der Waals surface area contributed by atoms with Gasteiger partial charge >= 0.3 is 31.1 Å². The summed E-state index contributed by atoms with van der Waals surface area (Å²) in [7, 11) is -15.3. The number of aliphatic hydroxyl groups excluding tert-OH is 5. The molecule has 2 fully saturated rings. The highest BCUT2D eigenvalue weighted by Crippen LogP contribution is 2.29. The standard InChI is InChI=1S/C12H23NO19S3/c14-6-3(1-28-34(22,23)24)31-12(5(7(6)15)13-33(19,20)21)32-10-4(2-29-35(25,26)27)30-11(18)9(17)8(10)16/h3-18H,1-2H2,(H,19,20,21)(H,22,23,24)(H,25,26,27)/t3-,4-,5-,6-,7-,8-,9-,10-,11-,12-/m1/s1. The van der Waals surface area contributed by atoms with Gasteiger partial charge in [-0.3, -0.25) is 13.7 Å². The van der Waals surface area contributed by atoms with Crippen molar-refractivity contribution in [1.82, 2.24) is 4.72 Å². The van der Waals surface area contributed by atoms with Crippen LogP contribution in [0.5, 0.6) is 0 Å². The van der Waals surface area contributed by atoms with Crippen LogP contribution < -0.4 is 4.72 Å². The fraction of sp³-hybridized carbons (Fsp3) is 1.00. The Kier molecular flexibility index (Phi) is 9.90. The van der Waals surface area contributed by atoms with Gasteiger partial charge in [-0.15, -0.1) is 0 Å². The molecule has 0 bridgehead atoms. The third-order valence-electron chi connectivity index (χ3n) is 4.70. The minimum absolute atomic E-state index is 1.16. The van der Waals surface area contributed by atoms with Crippen molar-refractivity contribution in [2.45, 2.75) is 61.3 Å². The average molecular weight is 582 g/mol. The SMILES string of the molecule is O=S(=O)(O)N[C@H]1[C@@H](O[C@H]2[C@H](O)[C@@H](O)[C@H](O)O[C@@H]2COS(=O)(=O)O)O[C@H](COS(=O)(=O)O)[C@@H](O)[C@@H]1O. The average Bonchev–Trinajstić information content (AvgIpc) is 2.69. The highest BCUT2D eigenvalue weighted by Gasteiger charge is 2.52. The van der Waals surface area contributed by atoms with Gasteiger partial charge in [0.05, 0.1) is 13.2 Å². The van der Waals surface area contributed by atoms with Crippen molar-refractivity contribution in [3.8, 4) is 0 Å². The van der Waals surface area contributed by atoms with E-state index in [1.165, 1.54) is 4.72 Å². The number of hydrogen-bond donors (Lipinski definition) is 9. The number of rotatable bonds is 10. The molecule has 2 aliphatic heterocycles. The van der Waals surface area contributed by atoms with E-state index < -0.39 is 106 Å². The van der Waals surface area contributed by atoms with E-state index in [1.807, 2.05) is 0 Å². The lowest BCUT2D eigenvalue weighted by atomic mass is 9.96. The van der Waals surface area contributed by atoms with E-state index in [0.717, 1.165) is 0 Å². The van der Waals surface area contributed by atoms with Crippen LogP contribution in [0.4, 0.5) is 0 Å². The molecule has 0 amide bonds. The topological polar surface area (TPSA) is 322 Å². The zero-order valence-corrected chi connectivity index (χ0v) is 19.4. The van der Waals surface area contributed by atoms with Crippen molar-refractivity contribution in [1.29, 1.82) is 0 Å². The Balaban J connectivity index is 2.36. The molecule has 2 heterocycles. The molecule has 2 aliphatic rings. The van der Waals surface area contributed by atoms with Gasteiger partial charge in [0.25, 0.3) is 0 Å². The molecule has 20 nitrogen and oxygen atoms in total. The zero-order chi connectivity index (χ0) is 26.9. The summed E-state index contributed by atoms with van der Waals surface area (Å²) in [5.74, 6) is 0. The van der Waals surface area contributed by atoms with Crippen molar-refractivity contribution in [2.75, 3.05) is 13.2 Å². The first-order valence-electron chi connectivity index (χ1n) is 9.14. The van der Waals surface area contributed by atoms with Crippen LogP contribution in [0.2, 0.25) is 0 Å². The highest BCUT2D eigenvalue weighted by atomic mass is 32.3. The normalized spacial score (nSPS) is 39.4. The molecule has 208 valence electrons. The summed E-state index contributed by atoms with van der Waals surface area (Å²) >= 11 is 0. The minimum Gasteiger partial charge on any atom is -0.388 e. The molecule has 0 spiro atoms. The van der Waals surface area contributed by atoms with Crippen LogP contribution in [0.25, 0.3) is 0 Å². The van der Waals surface area contributed by atoms with Gasteiger partial charge in [0.15, 0.2) is 12.6 Å². The van der Waals surface area contributed by atoms with E-state index in [2.05, 4.69) is 8.37 Å². The van der Waals surface area contributed by atoms with Gasteiger partial charge in [0.1, 0.15) is 48.8 Å². The Hall–Kier alpha value is -0.710. The van der Waals surface area contributed by atoms with Crippen LogP contribution >= 0.6 is 0 Å². The monoisotopic (exact) mass is 581 g/mol. The van der Waals surface area contributed by atoms with Crippen molar-refractivity contribution < 1.29 is 87.0 Å². The third kappa shape index (κ3) is 8.97. The van der Waals surface area contributed by atoms with Gasteiger partial charge in [-0.05, 0) is 0 Å². The molecule has 2 saturated heterocycles. The van der Waals surface area contributed by atoms with Crippen molar-refractivity contribution in [3.05, 3.63) is 0 Å². The Morgan fingerprint density at radius 3 is 1.69 bits per heavy atom. The molecule has 23 heteroatoms. The number of nitrogens with one attached hydrogen (secondary N) is 1. The van der Waals surface area contributed by atoms with Crippen LogP contribution in [-0.2, 0) is 53.7 Å². The van der Waals surface area contributed by atoms with E-state index >= 15 is 0 Å². The quantitative estimate of drug-likeness (QED) is 0.108. The summed E-state index contributed by atoms with van der Waals surface area (Å²) in [6.45, 7) is -2.33. The summed E-state index contributed by atoms with van der Waals surface area (Å²) in [5.41, 5.74) is 0. The first kappa shape index (κ1) is 30.5. The largest absolute Gasteiger partial charge is 0.397 e. The predicted octanol–water partition coefficient (Wildman–Crippen LogP) is -6.34. The molecule has 0 saturated carbocycles. The fourth-order valence-corrected chi connectivity index (χ4v) is 4.37. The molecule has 2 rings (SSSR count). The molecule has 9 N–H and O–H groups in total. The van der Waals surface area contributed by atoms with Crippen LogP contribution in [0.3, 0.4) is 0 Å². The maximum Gasteiger partial charge on any atom is 0.397 e. The molecule has 0 aromatic carbocycles. The molecule has 35 heavy (non-hydrogen) atoms. The van der Waals surface area contributed by atoms with E-state index in [-0.39, 0.29) is 0 Å². The van der Waals surface area contributed by atoms with Gasteiger partial charge in [0, 0.05) is 0 Å². The molecule has 0 unspecified atom stereocenters. The Bertz CT molecular complexity index is 1030. The minimum atomic E-state index is -5.15. The molecular weight excluding hydrogens is 558 g/mol. The first-order chi connectivity index (χ1) is 15.8. The van der Waals surface area contributed by atoms with Crippen molar-refractivity contribution in [2.24, 2.45) is 0 Å². The van der Waals surface area contributed by atoms with Crippen molar-refractivity contribution >= 4 is 31.1 Å². The van der Waals surface area contributed by atoms with Crippen LogP contribution in [-0.4, -0.2) is 139 Å². The van der Waals surface area contributed by atoms with Crippen LogP contribution in [0.1, 0.15) is 0 Å². The molecule has 0 aromatic rings. The second kappa shape index (κ2) is 11.4. The Morgan fingerprint density at radius 2 is 1.20 bits per heavy atom. The van der Waals surface area contributed by atoms with Crippen LogP contribution in [0.15, 0.2) is 0 Å². The summed E-state index contributed by atoms with van der Waals surface area (Å²) in [4.78, 5) is 0. The summed E-state index contributed by atoms with van der Waals surface area (Å²) < 4.78 is 117. The first-order valence-corrected chi connectivity index (χ1v) is 13.3. The van der Waals surface area contributed by atoms with Crippen LogP contribution in [0, 0.1) is 0 Å². The lowest BCUT2D eigenvalue weighted by Gasteiger charge is -2.46. The number of aliphatic hydroxyl groups is 5. The maximum atomic E-state index is 11.3. The van der Waals surface area contributed by atoms with Crippen molar-refractivity contribution in [3.63, 3.8) is 0 Å². The van der Waals surface area contributed by atoms with Gasteiger partial charge < -0.3 is 39.7 Å². The van der Waals surface area contributed by atoms with E-state index in [1.54, 1.807) is 0 Å². The molecule has 0 radical (unpaired) electrons. The third-order valence-corrected chi connectivity index (χ3v) is 6.14. The van der Waals surface area contributed by atoms with Gasteiger partial charge in [-0.25, -0.2) is 8.37 Å². The zero-order valence-electron chi connectivity index (χ0n) is 17.0. The number of hydrogen-bond acceptors (Lipinski definition) is 16. The van der Waals surface area contributed by atoms with E-state index in [9.17, 15) is 50.8 Å². The second-order valence-corrected chi connectivity index (χ2v) is 10.6. The summed E-state index contributed by atoms with van der Waals surface area (Å²) in [6, 6.07) is -2.11. The molecule has 0 aliphatic carbocycles. The van der Waals surface area contributed by atoms with E-state index in [0.29, 0.717) is 0 Å². The van der Waals surface area contributed by atoms with Gasteiger partial charge in [-0.2, -0.15) is 30.0 Å². The smallest absolute Gasteiger partial charge is 0.388 e. The van der Waals surface area contributed by atoms with Gasteiger partial charge in [-0.1, -0.05) is 0 Å². The second-order valence-electron chi connectivity index (χ2n) is 7.21. The molecule has 10 atom stereocenters. The van der Waals surface area contributed by atoms with Gasteiger partial charge in [0.2, 0.25) is 0 Å². The molecule has 0 aromatic heterocycles. The lowest BCUT2D eigenvalue weighted by molar-refractivity contribution is -0.339. The maximum absolute atomic E-state index is 11.3. The Labute approximate surface area is 197 Å². The Morgan fingerprint density at radius 1 is 0.686 bits per heavy atom. The summed E-state index contributed by atoms with van der Waals surface area (Å²) in [5, 5.41) is 50.2. The lowest BCUT2D eigenvalue weighted by Crippen LogP contribution is -2.67. The van der Waals surface area contributed by atoms with E-state index in [4.69, 9.17) is 27.9 Å². The highest BCUT2D eigenvalue weighted by molar-refractivity contribution is 7.83. The fourth-order valence-electron chi connectivity index (χ4n) is 3.17. The number of ether oxygens (including phenoxy) is 3. The summed E-state index contributed by atoms with van der Waals surface area (Å²) in [6.07, 6.45) is -18.7. The predicted molar refractivity (Wildman–Crippen MR) is 102 cm³/mol.